The summed E-state index contributed by atoms with van der Waals surface area (Å²) in [5, 5.41) is 12.3. The number of rotatable bonds is 3. The molecule has 6 nitrogen and oxygen atoms in total. The van der Waals surface area contributed by atoms with Crippen molar-refractivity contribution < 1.29 is 19.5 Å². The summed E-state index contributed by atoms with van der Waals surface area (Å²) < 4.78 is 0. The lowest BCUT2D eigenvalue weighted by Crippen LogP contribution is -2.37. The molecule has 1 heterocycles. The van der Waals surface area contributed by atoms with Crippen molar-refractivity contribution in [1.29, 1.82) is 0 Å². The summed E-state index contributed by atoms with van der Waals surface area (Å²) in [5.74, 6) is -1.10. The van der Waals surface area contributed by atoms with Crippen LogP contribution in [-0.4, -0.2) is 40.9 Å². The summed E-state index contributed by atoms with van der Waals surface area (Å²) in [6, 6.07) is 5.22. The first kappa shape index (κ1) is 16.5. The number of nitrogens with zero attached hydrogens (tertiary/aromatic N) is 1. The Hall–Kier alpha value is -2.37. The molecular formula is C18H22N2O4. The van der Waals surface area contributed by atoms with Crippen molar-refractivity contribution in [2.75, 3.05) is 18.4 Å². The average Bonchev–Trinajstić information content (AvgIpc) is 3.06. The van der Waals surface area contributed by atoms with Crippen LogP contribution in [0.5, 0.6) is 0 Å². The minimum atomic E-state index is -0.788. The first-order valence-corrected chi connectivity index (χ1v) is 8.24. The van der Waals surface area contributed by atoms with Crippen molar-refractivity contribution in [3.05, 3.63) is 29.3 Å². The minimum Gasteiger partial charge on any atom is -0.481 e. The second-order valence-corrected chi connectivity index (χ2v) is 6.95. The molecule has 0 spiro atoms. The van der Waals surface area contributed by atoms with Gasteiger partial charge in [0.2, 0.25) is 5.91 Å². The highest BCUT2D eigenvalue weighted by Crippen LogP contribution is 2.49. The molecule has 24 heavy (non-hydrogen) atoms. The third-order valence-corrected chi connectivity index (χ3v) is 5.37. The van der Waals surface area contributed by atoms with Gasteiger partial charge in [-0.25, -0.2) is 0 Å². The fourth-order valence-electron chi connectivity index (χ4n) is 4.10. The van der Waals surface area contributed by atoms with Gasteiger partial charge in [-0.2, -0.15) is 0 Å². The van der Waals surface area contributed by atoms with E-state index < -0.39 is 11.4 Å². The van der Waals surface area contributed by atoms with E-state index in [1.807, 2.05) is 6.92 Å². The number of hydrogen-bond donors (Lipinski definition) is 2. The van der Waals surface area contributed by atoms with Gasteiger partial charge >= 0.3 is 5.97 Å². The number of likely N-dealkylation sites (tertiary alicyclic amines) is 1. The number of carboxylic acids is 1. The number of hydrogen-bond acceptors (Lipinski definition) is 3. The van der Waals surface area contributed by atoms with E-state index in [1.54, 1.807) is 23.1 Å². The third-order valence-electron chi connectivity index (χ3n) is 5.37. The molecule has 1 aromatic rings. The number of carboxylic acid groups (broad SMARTS) is 1. The second kappa shape index (κ2) is 5.92. The summed E-state index contributed by atoms with van der Waals surface area (Å²) in [6.45, 7) is 4.03. The van der Waals surface area contributed by atoms with Gasteiger partial charge in [-0.3, -0.25) is 14.4 Å². The first-order chi connectivity index (χ1) is 11.3. The molecule has 0 aromatic heterocycles. The van der Waals surface area contributed by atoms with Gasteiger partial charge in [0.25, 0.3) is 5.91 Å². The molecule has 128 valence electrons. The van der Waals surface area contributed by atoms with E-state index in [0.29, 0.717) is 24.2 Å². The zero-order chi connectivity index (χ0) is 17.5. The molecule has 1 aliphatic carbocycles. The molecule has 0 bridgehead atoms. The Morgan fingerprint density at radius 3 is 2.71 bits per heavy atom. The molecule has 2 atom stereocenters. The number of fused-ring (bicyclic) bond motifs is 1. The SMILES string of the molecule is CC(=O)Nc1ccc(C)c(C(=O)N2C[C@@H]3CCC[C@@]3(C(=O)O)C2)c1. The normalized spacial score (nSPS) is 25.4. The molecule has 1 aliphatic heterocycles. The number of anilines is 1. The van der Waals surface area contributed by atoms with Crippen molar-refractivity contribution >= 4 is 23.5 Å². The Morgan fingerprint density at radius 2 is 2.08 bits per heavy atom. The Labute approximate surface area is 140 Å². The Morgan fingerprint density at radius 1 is 1.33 bits per heavy atom. The lowest BCUT2D eigenvalue weighted by atomic mass is 9.81. The second-order valence-electron chi connectivity index (χ2n) is 6.95. The molecule has 1 aromatic carbocycles. The maximum Gasteiger partial charge on any atom is 0.311 e. The zero-order valence-electron chi connectivity index (χ0n) is 14.0. The van der Waals surface area contributed by atoms with Crippen molar-refractivity contribution in [2.24, 2.45) is 11.3 Å². The van der Waals surface area contributed by atoms with Crippen molar-refractivity contribution in [1.82, 2.24) is 4.90 Å². The van der Waals surface area contributed by atoms with Gasteiger partial charge in [-0.15, -0.1) is 0 Å². The van der Waals surface area contributed by atoms with Gasteiger partial charge in [-0.1, -0.05) is 12.5 Å². The number of benzene rings is 1. The standard InChI is InChI=1S/C18H22N2O4/c1-11-5-6-14(19-12(2)21)8-15(11)16(22)20-9-13-4-3-7-18(13,10-20)17(23)24/h5-6,8,13H,3-4,7,9-10H2,1-2H3,(H,19,21)(H,23,24)/t13-,18+/m0/s1. The molecule has 2 N–H and O–H groups in total. The van der Waals surface area contributed by atoms with Gasteiger partial charge in [0.05, 0.1) is 5.41 Å². The number of nitrogens with one attached hydrogen (secondary N) is 1. The van der Waals surface area contributed by atoms with Crippen LogP contribution < -0.4 is 5.32 Å². The van der Waals surface area contributed by atoms with Crippen molar-refractivity contribution in [2.45, 2.75) is 33.1 Å². The van der Waals surface area contributed by atoms with Crippen LogP contribution in [0.1, 0.15) is 42.1 Å². The van der Waals surface area contributed by atoms with E-state index in [1.165, 1.54) is 6.92 Å². The van der Waals surface area contributed by atoms with E-state index in [4.69, 9.17) is 0 Å². The van der Waals surface area contributed by atoms with E-state index in [0.717, 1.165) is 18.4 Å². The van der Waals surface area contributed by atoms with Gasteiger partial charge in [0.1, 0.15) is 0 Å². The molecule has 2 aliphatic rings. The van der Waals surface area contributed by atoms with Crippen LogP contribution in [0.15, 0.2) is 18.2 Å². The monoisotopic (exact) mass is 330 g/mol. The maximum absolute atomic E-state index is 12.9. The first-order valence-electron chi connectivity index (χ1n) is 8.24. The topological polar surface area (TPSA) is 86.7 Å². The lowest BCUT2D eigenvalue weighted by Gasteiger charge is -2.23. The van der Waals surface area contributed by atoms with Crippen LogP contribution in [0, 0.1) is 18.3 Å². The number of carbonyl (C=O) groups excluding carboxylic acids is 2. The maximum atomic E-state index is 12.9. The molecule has 1 saturated carbocycles. The largest absolute Gasteiger partial charge is 0.481 e. The quantitative estimate of drug-likeness (QED) is 0.890. The summed E-state index contributed by atoms with van der Waals surface area (Å²) >= 11 is 0. The predicted octanol–water partition coefficient (Wildman–Crippen LogP) is 2.28. The number of aryl methyl sites for hydroxylation is 1. The molecule has 2 amide bonds. The molecule has 2 fully saturated rings. The van der Waals surface area contributed by atoms with Crippen molar-refractivity contribution in [3.8, 4) is 0 Å². The van der Waals surface area contributed by atoms with E-state index >= 15 is 0 Å². The van der Waals surface area contributed by atoms with Crippen LogP contribution in [0.2, 0.25) is 0 Å². The Bertz CT molecular complexity index is 715. The minimum absolute atomic E-state index is 0.0396. The summed E-state index contributed by atoms with van der Waals surface area (Å²) in [5.41, 5.74) is 1.12. The molecule has 3 rings (SSSR count). The van der Waals surface area contributed by atoms with E-state index in [2.05, 4.69) is 5.32 Å². The third kappa shape index (κ3) is 2.66. The summed E-state index contributed by atoms with van der Waals surface area (Å²) in [6.07, 6.45) is 2.42. The van der Waals surface area contributed by atoms with Gasteiger partial charge in [0, 0.05) is 31.3 Å². The zero-order valence-corrected chi connectivity index (χ0v) is 14.0. The Balaban J connectivity index is 1.85. The van der Waals surface area contributed by atoms with Crippen LogP contribution in [0.4, 0.5) is 5.69 Å². The average molecular weight is 330 g/mol. The molecule has 0 radical (unpaired) electrons. The summed E-state index contributed by atoms with van der Waals surface area (Å²) in [7, 11) is 0. The van der Waals surface area contributed by atoms with Gasteiger partial charge in [-0.05, 0) is 43.4 Å². The highest BCUT2D eigenvalue weighted by molar-refractivity contribution is 5.98. The number of amides is 2. The predicted molar refractivity (Wildman–Crippen MR) is 88.8 cm³/mol. The fraction of sp³-hybridized carbons (Fsp3) is 0.500. The highest BCUT2D eigenvalue weighted by atomic mass is 16.4. The molecular weight excluding hydrogens is 308 g/mol. The molecule has 1 saturated heterocycles. The fourth-order valence-corrected chi connectivity index (χ4v) is 4.10. The lowest BCUT2D eigenvalue weighted by molar-refractivity contribution is -0.149. The summed E-state index contributed by atoms with van der Waals surface area (Å²) in [4.78, 5) is 37.6. The molecule has 6 heteroatoms. The van der Waals surface area contributed by atoms with Gasteiger partial charge in [0.15, 0.2) is 0 Å². The van der Waals surface area contributed by atoms with Gasteiger partial charge < -0.3 is 15.3 Å². The van der Waals surface area contributed by atoms with E-state index in [-0.39, 0.29) is 24.3 Å². The van der Waals surface area contributed by atoms with Crippen LogP contribution in [-0.2, 0) is 9.59 Å². The van der Waals surface area contributed by atoms with E-state index in [9.17, 15) is 19.5 Å². The number of aliphatic carboxylic acids is 1. The van der Waals surface area contributed by atoms with Crippen LogP contribution in [0.25, 0.3) is 0 Å². The van der Waals surface area contributed by atoms with Crippen LogP contribution in [0.3, 0.4) is 0 Å². The number of carbonyl (C=O) groups is 3. The van der Waals surface area contributed by atoms with Crippen LogP contribution >= 0.6 is 0 Å². The smallest absolute Gasteiger partial charge is 0.311 e. The highest BCUT2D eigenvalue weighted by Gasteiger charge is 2.55. The van der Waals surface area contributed by atoms with Crippen molar-refractivity contribution in [3.63, 3.8) is 0 Å². The molecule has 0 unspecified atom stereocenters. The Kier molecular flexibility index (Phi) is 4.07.